The molecule has 2 heterocycles. The van der Waals surface area contributed by atoms with Gasteiger partial charge in [0, 0.05) is 24.5 Å². The highest BCUT2D eigenvalue weighted by Crippen LogP contribution is 2.20. The topological polar surface area (TPSA) is 35.0 Å². The van der Waals surface area contributed by atoms with E-state index in [2.05, 4.69) is 9.97 Å². The highest BCUT2D eigenvalue weighted by atomic mass is 35.5. The lowest BCUT2D eigenvalue weighted by Crippen LogP contribution is -1.87. The van der Waals surface area contributed by atoms with Gasteiger partial charge in [-0.25, -0.2) is 4.98 Å². The maximum atomic E-state index is 5.75. The van der Waals surface area contributed by atoms with Crippen molar-refractivity contribution < 1.29 is 4.74 Å². The van der Waals surface area contributed by atoms with Gasteiger partial charge in [-0.2, -0.15) is 0 Å². The number of ether oxygens (including phenoxy) is 1. The normalized spacial score (nSPS) is 9.79. The standard InChI is InChI=1S/C10H7ClN2O/c11-8-5-9(7-12-6-8)14-10-3-1-2-4-13-10/h1-7H. The summed E-state index contributed by atoms with van der Waals surface area (Å²) in [7, 11) is 0. The van der Waals surface area contributed by atoms with Crippen LogP contribution in [0.25, 0.3) is 0 Å². The minimum Gasteiger partial charge on any atom is -0.437 e. The second-order valence-corrected chi connectivity index (χ2v) is 3.05. The summed E-state index contributed by atoms with van der Waals surface area (Å²) in [6.07, 6.45) is 4.79. The summed E-state index contributed by atoms with van der Waals surface area (Å²) in [6, 6.07) is 7.12. The molecule has 0 amide bonds. The molecule has 0 saturated carbocycles. The van der Waals surface area contributed by atoms with Gasteiger partial charge >= 0.3 is 0 Å². The molecule has 2 aromatic heterocycles. The second-order valence-electron chi connectivity index (χ2n) is 2.61. The van der Waals surface area contributed by atoms with Crippen molar-refractivity contribution in [3.8, 4) is 11.6 Å². The van der Waals surface area contributed by atoms with Crippen molar-refractivity contribution in [1.82, 2.24) is 9.97 Å². The third-order valence-electron chi connectivity index (χ3n) is 1.54. The maximum Gasteiger partial charge on any atom is 0.219 e. The molecular formula is C10H7ClN2O. The fraction of sp³-hybridized carbons (Fsp3) is 0. The Morgan fingerprint density at radius 2 is 2.14 bits per heavy atom. The minimum absolute atomic E-state index is 0.525. The van der Waals surface area contributed by atoms with Crippen molar-refractivity contribution in [3.05, 3.63) is 47.9 Å². The van der Waals surface area contributed by atoms with Crippen LogP contribution in [0.3, 0.4) is 0 Å². The first-order chi connectivity index (χ1) is 6.84. The molecule has 2 rings (SSSR count). The molecule has 0 unspecified atom stereocenters. The number of hydrogen-bond acceptors (Lipinski definition) is 3. The van der Waals surface area contributed by atoms with Gasteiger partial charge in [-0.1, -0.05) is 17.7 Å². The number of pyridine rings is 2. The second kappa shape index (κ2) is 4.07. The van der Waals surface area contributed by atoms with E-state index in [9.17, 15) is 0 Å². The molecule has 0 aromatic carbocycles. The van der Waals surface area contributed by atoms with Crippen LogP contribution in [0.5, 0.6) is 11.6 Å². The van der Waals surface area contributed by atoms with Crippen LogP contribution in [0.15, 0.2) is 42.9 Å². The molecule has 3 nitrogen and oxygen atoms in total. The summed E-state index contributed by atoms with van der Waals surface area (Å²) >= 11 is 5.75. The molecule has 0 spiro atoms. The summed E-state index contributed by atoms with van der Waals surface area (Å²) in [6.45, 7) is 0. The smallest absolute Gasteiger partial charge is 0.219 e. The van der Waals surface area contributed by atoms with E-state index in [1.807, 2.05) is 12.1 Å². The molecule has 0 aliphatic heterocycles. The van der Waals surface area contributed by atoms with Crippen LogP contribution in [0.1, 0.15) is 0 Å². The zero-order chi connectivity index (χ0) is 9.80. The van der Waals surface area contributed by atoms with E-state index in [0.29, 0.717) is 16.7 Å². The first kappa shape index (κ1) is 8.97. The first-order valence-electron chi connectivity index (χ1n) is 4.04. The lowest BCUT2D eigenvalue weighted by Gasteiger charge is -2.02. The average molecular weight is 207 g/mol. The predicted octanol–water partition coefficient (Wildman–Crippen LogP) is 2.92. The quantitative estimate of drug-likeness (QED) is 0.758. The summed E-state index contributed by atoms with van der Waals surface area (Å²) in [5.41, 5.74) is 0. The Balaban J connectivity index is 2.19. The Morgan fingerprint density at radius 1 is 1.21 bits per heavy atom. The minimum atomic E-state index is 0.525. The van der Waals surface area contributed by atoms with Gasteiger partial charge in [-0.05, 0) is 6.07 Å². The van der Waals surface area contributed by atoms with Crippen molar-refractivity contribution in [1.29, 1.82) is 0 Å². The van der Waals surface area contributed by atoms with E-state index >= 15 is 0 Å². The van der Waals surface area contributed by atoms with Crippen LogP contribution in [-0.4, -0.2) is 9.97 Å². The highest BCUT2D eigenvalue weighted by Gasteiger charge is 1.98. The lowest BCUT2D eigenvalue weighted by atomic mass is 10.4. The van der Waals surface area contributed by atoms with Crippen LogP contribution in [-0.2, 0) is 0 Å². The van der Waals surface area contributed by atoms with E-state index in [4.69, 9.17) is 16.3 Å². The number of halogens is 1. The molecule has 2 aromatic rings. The SMILES string of the molecule is Clc1cncc(Oc2ccccn2)c1. The average Bonchev–Trinajstić information content (AvgIpc) is 2.19. The Labute approximate surface area is 86.3 Å². The van der Waals surface area contributed by atoms with Crippen LogP contribution in [0.2, 0.25) is 5.02 Å². The molecule has 0 fully saturated rings. The highest BCUT2D eigenvalue weighted by molar-refractivity contribution is 6.30. The summed E-state index contributed by atoms with van der Waals surface area (Å²) in [5, 5.41) is 0.540. The Morgan fingerprint density at radius 3 is 2.86 bits per heavy atom. The van der Waals surface area contributed by atoms with Gasteiger partial charge in [0.05, 0.1) is 11.2 Å². The third-order valence-corrected chi connectivity index (χ3v) is 1.75. The molecule has 0 radical (unpaired) electrons. The van der Waals surface area contributed by atoms with Crippen LogP contribution in [0, 0.1) is 0 Å². The Bertz CT molecular complexity index is 419. The molecular weight excluding hydrogens is 200 g/mol. The van der Waals surface area contributed by atoms with Crippen molar-refractivity contribution in [3.63, 3.8) is 0 Å². The van der Waals surface area contributed by atoms with E-state index in [1.54, 1.807) is 30.7 Å². The van der Waals surface area contributed by atoms with Gasteiger partial charge in [0.2, 0.25) is 5.88 Å². The zero-order valence-corrected chi connectivity index (χ0v) is 7.98. The Hall–Kier alpha value is -1.61. The first-order valence-corrected chi connectivity index (χ1v) is 4.42. The molecule has 0 aliphatic carbocycles. The molecule has 14 heavy (non-hydrogen) atoms. The molecule has 0 bridgehead atoms. The van der Waals surface area contributed by atoms with Gasteiger partial charge in [0.15, 0.2) is 0 Å². The van der Waals surface area contributed by atoms with Crippen LogP contribution >= 0.6 is 11.6 Å². The molecule has 0 N–H and O–H groups in total. The summed E-state index contributed by atoms with van der Waals surface area (Å²) in [4.78, 5) is 7.91. The van der Waals surface area contributed by atoms with E-state index < -0.39 is 0 Å². The van der Waals surface area contributed by atoms with E-state index in [0.717, 1.165) is 0 Å². The molecule has 0 atom stereocenters. The maximum absolute atomic E-state index is 5.75. The van der Waals surface area contributed by atoms with E-state index in [-0.39, 0.29) is 0 Å². The van der Waals surface area contributed by atoms with Crippen LogP contribution < -0.4 is 4.74 Å². The van der Waals surface area contributed by atoms with Gasteiger partial charge in [-0.3, -0.25) is 4.98 Å². The molecule has 4 heteroatoms. The number of hydrogen-bond donors (Lipinski definition) is 0. The predicted molar refractivity (Wildman–Crippen MR) is 53.6 cm³/mol. The van der Waals surface area contributed by atoms with Gasteiger partial charge < -0.3 is 4.74 Å². The number of rotatable bonds is 2. The van der Waals surface area contributed by atoms with Crippen molar-refractivity contribution >= 4 is 11.6 Å². The molecule has 0 saturated heterocycles. The summed E-state index contributed by atoms with van der Waals surface area (Å²) in [5.74, 6) is 1.10. The largest absolute Gasteiger partial charge is 0.437 e. The molecule has 70 valence electrons. The fourth-order valence-electron chi connectivity index (χ4n) is 0.976. The monoisotopic (exact) mass is 206 g/mol. The van der Waals surface area contributed by atoms with E-state index in [1.165, 1.54) is 0 Å². The van der Waals surface area contributed by atoms with Crippen molar-refractivity contribution in [2.24, 2.45) is 0 Å². The lowest BCUT2D eigenvalue weighted by molar-refractivity contribution is 0.461. The third kappa shape index (κ3) is 2.20. The fourth-order valence-corrected chi connectivity index (χ4v) is 1.14. The van der Waals surface area contributed by atoms with Gasteiger partial charge in [-0.15, -0.1) is 0 Å². The number of aromatic nitrogens is 2. The van der Waals surface area contributed by atoms with Crippen molar-refractivity contribution in [2.45, 2.75) is 0 Å². The Kier molecular flexibility index (Phi) is 2.60. The summed E-state index contributed by atoms with van der Waals surface area (Å²) < 4.78 is 5.40. The van der Waals surface area contributed by atoms with Crippen molar-refractivity contribution in [2.75, 3.05) is 0 Å². The van der Waals surface area contributed by atoms with Gasteiger partial charge in [0.1, 0.15) is 5.75 Å². The zero-order valence-electron chi connectivity index (χ0n) is 7.22. The molecule has 0 aliphatic rings. The number of nitrogens with zero attached hydrogens (tertiary/aromatic N) is 2. The van der Waals surface area contributed by atoms with Crippen LogP contribution in [0.4, 0.5) is 0 Å². The van der Waals surface area contributed by atoms with Gasteiger partial charge in [0.25, 0.3) is 0 Å².